The Balaban J connectivity index is 2.54. The molecule has 2 atom stereocenters. The monoisotopic (exact) mass is 256 g/mol. The predicted molar refractivity (Wildman–Crippen MR) is 78.0 cm³/mol. The van der Waals surface area contributed by atoms with Crippen LogP contribution in [0.4, 0.5) is 0 Å². The molecule has 1 rings (SSSR count). The molecule has 0 aliphatic carbocycles. The maximum atomic E-state index is 5.73. The van der Waals surface area contributed by atoms with Crippen LogP contribution >= 0.6 is 0 Å². The van der Waals surface area contributed by atoms with Crippen LogP contribution in [-0.2, 0) is 4.74 Å². The largest absolute Gasteiger partial charge is 0.381 e. The third kappa shape index (κ3) is 4.87. The second-order valence-electron chi connectivity index (χ2n) is 6.58. The van der Waals surface area contributed by atoms with Gasteiger partial charge in [0.1, 0.15) is 0 Å². The smallest absolute Gasteiger partial charge is 0.0546 e. The van der Waals surface area contributed by atoms with Crippen molar-refractivity contribution in [2.24, 2.45) is 11.3 Å². The molecule has 1 heterocycles. The van der Waals surface area contributed by atoms with Crippen molar-refractivity contribution in [2.75, 3.05) is 40.4 Å². The molecule has 0 aromatic rings. The van der Waals surface area contributed by atoms with Crippen LogP contribution in [0.15, 0.2) is 0 Å². The molecule has 3 heteroatoms. The average Bonchev–Trinajstić information content (AvgIpc) is 2.29. The molecule has 0 radical (unpaired) electrons. The lowest BCUT2D eigenvalue weighted by atomic mass is 9.81. The Bertz CT molecular complexity index is 219. The highest BCUT2D eigenvalue weighted by atomic mass is 16.5. The summed E-state index contributed by atoms with van der Waals surface area (Å²) in [5, 5.41) is 3.36. The van der Waals surface area contributed by atoms with Crippen molar-refractivity contribution >= 4 is 0 Å². The SMILES string of the molecule is CNCC1(CN(C)C(C)CC(C)C)CCCOC1. The molecule has 18 heavy (non-hydrogen) atoms. The molecule has 0 amide bonds. The Morgan fingerprint density at radius 2 is 2.06 bits per heavy atom. The fourth-order valence-electron chi connectivity index (χ4n) is 3.15. The fraction of sp³-hybridized carbons (Fsp3) is 1.00. The van der Waals surface area contributed by atoms with Gasteiger partial charge >= 0.3 is 0 Å². The van der Waals surface area contributed by atoms with Gasteiger partial charge < -0.3 is 15.0 Å². The Labute approximate surface area is 113 Å². The minimum absolute atomic E-state index is 0.312. The summed E-state index contributed by atoms with van der Waals surface area (Å²) >= 11 is 0. The lowest BCUT2D eigenvalue weighted by molar-refractivity contribution is -0.0274. The molecule has 1 N–H and O–H groups in total. The molecule has 3 nitrogen and oxygen atoms in total. The van der Waals surface area contributed by atoms with E-state index in [4.69, 9.17) is 4.74 Å². The van der Waals surface area contributed by atoms with Crippen LogP contribution in [0.2, 0.25) is 0 Å². The van der Waals surface area contributed by atoms with Gasteiger partial charge in [0.25, 0.3) is 0 Å². The minimum Gasteiger partial charge on any atom is -0.381 e. The standard InChI is InChI=1S/C15H32N2O/c1-13(2)9-14(3)17(5)11-15(10-16-4)7-6-8-18-12-15/h13-14,16H,6-12H2,1-5H3. The molecular weight excluding hydrogens is 224 g/mol. The van der Waals surface area contributed by atoms with Crippen LogP contribution in [-0.4, -0.2) is 51.3 Å². The Morgan fingerprint density at radius 1 is 1.33 bits per heavy atom. The zero-order valence-electron chi connectivity index (χ0n) is 13.0. The van der Waals surface area contributed by atoms with E-state index in [2.05, 4.69) is 38.0 Å². The molecule has 108 valence electrons. The van der Waals surface area contributed by atoms with E-state index in [0.29, 0.717) is 11.5 Å². The second-order valence-corrected chi connectivity index (χ2v) is 6.58. The molecule has 0 aromatic heterocycles. The van der Waals surface area contributed by atoms with Crippen molar-refractivity contribution in [1.82, 2.24) is 10.2 Å². The van der Waals surface area contributed by atoms with Gasteiger partial charge in [0.2, 0.25) is 0 Å². The molecule has 0 spiro atoms. The maximum Gasteiger partial charge on any atom is 0.0546 e. The van der Waals surface area contributed by atoms with E-state index in [1.54, 1.807) is 0 Å². The third-order valence-electron chi connectivity index (χ3n) is 4.11. The van der Waals surface area contributed by atoms with Crippen molar-refractivity contribution in [3.05, 3.63) is 0 Å². The number of hydrogen-bond acceptors (Lipinski definition) is 3. The topological polar surface area (TPSA) is 24.5 Å². The van der Waals surface area contributed by atoms with Gasteiger partial charge in [0.05, 0.1) is 6.61 Å². The molecular formula is C15H32N2O. The second kappa shape index (κ2) is 7.46. The average molecular weight is 256 g/mol. The quantitative estimate of drug-likeness (QED) is 0.757. The molecule has 1 saturated heterocycles. The first-order valence-electron chi connectivity index (χ1n) is 7.42. The van der Waals surface area contributed by atoms with Crippen LogP contribution in [0.5, 0.6) is 0 Å². The van der Waals surface area contributed by atoms with E-state index in [9.17, 15) is 0 Å². The number of ether oxygens (including phenoxy) is 1. The lowest BCUT2D eigenvalue weighted by Gasteiger charge is -2.41. The van der Waals surface area contributed by atoms with Crippen molar-refractivity contribution < 1.29 is 4.74 Å². The first-order chi connectivity index (χ1) is 8.49. The fourth-order valence-corrected chi connectivity index (χ4v) is 3.15. The van der Waals surface area contributed by atoms with E-state index in [-0.39, 0.29) is 0 Å². The van der Waals surface area contributed by atoms with Crippen LogP contribution < -0.4 is 5.32 Å². The first kappa shape index (κ1) is 15.9. The number of hydrogen-bond donors (Lipinski definition) is 1. The molecule has 1 fully saturated rings. The minimum atomic E-state index is 0.312. The van der Waals surface area contributed by atoms with Gasteiger partial charge in [-0.3, -0.25) is 0 Å². The summed E-state index contributed by atoms with van der Waals surface area (Å²) in [6, 6.07) is 0.653. The van der Waals surface area contributed by atoms with Gasteiger partial charge in [-0.15, -0.1) is 0 Å². The highest BCUT2D eigenvalue weighted by Crippen LogP contribution is 2.29. The Hall–Kier alpha value is -0.120. The highest BCUT2D eigenvalue weighted by Gasteiger charge is 2.34. The van der Waals surface area contributed by atoms with Crippen molar-refractivity contribution in [2.45, 2.75) is 46.1 Å². The van der Waals surface area contributed by atoms with Crippen molar-refractivity contribution in [1.29, 1.82) is 0 Å². The van der Waals surface area contributed by atoms with Gasteiger partial charge in [0, 0.05) is 31.2 Å². The summed E-state index contributed by atoms with van der Waals surface area (Å²) in [4.78, 5) is 2.52. The molecule has 1 aliphatic heterocycles. The predicted octanol–water partition coefficient (Wildman–Crippen LogP) is 2.37. The van der Waals surface area contributed by atoms with Crippen LogP contribution in [0, 0.1) is 11.3 Å². The zero-order valence-corrected chi connectivity index (χ0v) is 13.0. The van der Waals surface area contributed by atoms with Crippen LogP contribution in [0.3, 0.4) is 0 Å². The van der Waals surface area contributed by atoms with Crippen molar-refractivity contribution in [3.8, 4) is 0 Å². The van der Waals surface area contributed by atoms with E-state index in [0.717, 1.165) is 32.2 Å². The van der Waals surface area contributed by atoms with Gasteiger partial charge in [-0.25, -0.2) is 0 Å². The van der Waals surface area contributed by atoms with Crippen LogP contribution in [0.25, 0.3) is 0 Å². The number of rotatable bonds is 7. The third-order valence-corrected chi connectivity index (χ3v) is 4.11. The Morgan fingerprint density at radius 3 is 2.56 bits per heavy atom. The van der Waals surface area contributed by atoms with E-state index < -0.39 is 0 Å². The van der Waals surface area contributed by atoms with E-state index >= 15 is 0 Å². The summed E-state index contributed by atoms with van der Waals surface area (Å²) < 4.78 is 5.73. The summed E-state index contributed by atoms with van der Waals surface area (Å²) in [6.45, 7) is 11.0. The van der Waals surface area contributed by atoms with Gasteiger partial charge in [-0.2, -0.15) is 0 Å². The van der Waals surface area contributed by atoms with Gasteiger partial charge in [0.15, 0.2) is 0 Å². The first-order valence-corrected chi connectivity index (χ1v) is 7.42. The van der Waals surface area contributed by atoms with E-state index in [1.165, 1.54) is 19.3 Å². The number of nitrogens with zero attached hydrogens (tertiary/aromatic N) is 1. The van der Waals surface area contributed by atoms with E-state index in [1.807, 2.05) is 7.05 Å². The zero-order chi connectivity index (χ0) is 13.6. The normalized spacial score (nSPS) is 26.8. The summed E-state index contributed by atoms with van der Waals surface area (Å²) in [5.41, 5.74) is 0.312. The molecule has 0 bridgehead atoms. The summed E-state index contributed by atoms with van der Waals surface area (Å²) in [5.74, 6) is 0.769. The molecule has 0 saturated carbocycles. The Kier molecular flexibility index (Phi) is 6.61. The highest BCUT2D eigenvalue weighted by molar-refractivity contribution is 4.87. The van der Waals surface area contributed by atoms with Gasteiger partial charge in [-0.1, -0.05) is 13.8 Å². The number of nitrogens with one attached hydrogen (secondary N) is 1. The maximum absolute atomic E-state index is 5.73. The molecule has 2 unspecified atom stereocenters. The summed E-state index contributed by atoms with van der Waals surface area (Å²) in [6.07, 6.45) is 3.76. The van der Waals surface area contributed by atoms with Gasteiger partial charge in [-0.05, 0) is 46.2 Å². The molecule has 0 aromatic carbocycles. The molecule has 1 aliphatic rings. The van der Waals surface area contributed by atoms with Crippen LogP contribution in [0.1, 0.15) is 40.0 Å². The lowest BCUT2D eigenvalue weighted by Crippen LogP contribution is -2.49. The summed E-state index contributed by atoms with van der Waals surface area (Å²) in [7, 11) is 4.31. The van der Waals surface area contributed by atoms with Crippen molar-refractivity contribution in [3.63, 3.8) is 0 Å².